The molecule has 1 fully saturated rings. The molecule has 40 heavy (non-hydrogen) atoms. The molecule has 1 aliphatic heterocycles. The van der Waals surface area contributed by atoms with Crippen LogP contribution in [0.5, 0.6) is 0 Å². The van der Waals surface area contributed by atoms with Crippen molar-refractivity contribution in [3.8, 4) is 11.1 Å². The van der Waals surface area contributed by atoms with Crippen molar-refractivity contribution >= 4 is 16.0 Å². The number of carboxylic acid groups (broad SMARTS) is 1. The summed E-state index contributed by atoms with van der Waals surface area (Å²) in [7, 11) is -1.80. The van der Waals surface area contributed by atoms with Crippen molar-refractivity contribution in [2.24, 2.45) is 0 Å². The number of nitrogens with zero attached hydrogens (tertiary/aromatic N) is 1. The summed E-state index contributed by atoms with van der Waals surface area (Å²) < 4.78 is 74.1. The van der Waals surface area contributed by atoms with Crippen molar-refractivity contribution in [2.45, 2.75) is 43.0 Å². The molecule has 0 saturated carbocycles. The highest BCUT2D eigenvalue weighted by Gasteiger charge is 2.38. The van der Waals surface area contributed by atoms with Crippen LogP contribution >= 0.6 is 0 Å². The smallest absolute Gasteiger partial charge is 0.475 e. The van der Waals surface area contributed by atoms with Crippen molar-refractivity contribution in [1.82, 2.24) is 14.9 Å². The van der Waals surface area contributed by atoms with E-state index in [0.717, 1.165) is 43.6 Å². The topological polar surface area (TPSA) is 98.7 Å². The molecule has 0 bridgehead atoms. The van der Waals surface area contributed by atoms with Crippen LogP contribution in [0.1, 0.15) is 24.0 Å². The van der Waals surface area contributed by atoms with Crippen molar-refractivity contribution in [1.29, 1.82) is 0 Å². The number of alkyl halides is 3. The highest BCUT2D eigenvalue weighted by atomic mass is 32.2. The minimum Gasteiger partial charge on any atom is -0.475 e. The summed E-state index contributed by atoms with van der Waals surface area (Å²) in [5.74, 6) is -3.52. The molecule has 3 aromatic rings. The Labute approximate surface area is 230 Å². The molecule has 1 saturated heterocycles. The van der Waals surface area contributed by atoms with Crippen LogP contribution in [0.25, 0.3) is 11.1 Å². The van der Waals surface area contributed by atoms with E-state index in [-0.39, 0.29) is 11.4 Å². The fourth-order valence-electron chi connectivity index (χ4n) is 4.04. The number of hydrogen-bond acceptors (Lipinski definition) is 5. The third kappa shape index (κ3) is 9.40. The molecule has 1 heterocycles. The average molecular weight is 582 g/mol. The van der Waals surface area contributed by atoms with Gasteiger partial charge in [0.1, 0.15) is 10.7 Å². The lowest BCUT2D eigenvalue weighted by Crippen LogP contribution is -2.40. The summed E-state index contributed by atoms with van der Waals surface area (Å²) in [4.78, 5) is 10.9. The van der Waals surface area contributed by atoms with E-state index < -0.39 is 28.0 Å². The highest BCUT2D eigenvalue weighted by Crippen LogP contribution is 2.25. The van der Waals surface area contributed by atoms with Crippen molar-refractivity contribution in [2.75, 3.05) is 20.1 Å². The van der Waals surface area contributed by atoms with Crippen LogP contribution in [-0.2, 0) is 27.9 Å². The Balaban J connectivity index is 0.000000559. The Kier molecular flexibility index (Phi) is 10.8. The number of aliphatic carboxylic acids is 1. The van der Waals surface area contributed by atoms with Crippen LogP contribution in [0.3, 0.4) is 0 Å². The van der Waals surface area contributed by atoms with E-state index in [1.54, 1.807) is 6.07 Å². The molecule has 3 N–H and O–H groups in total. The predicted molar refractivity (Wildman–Crippen MR) is 143 cm³/mol. The van der Waals surface area contributed by atoms with Crippen molar-refractivity contribution < 1.29 is 35.9 Å². The van der Waals surface area contributed by atoms with Crippen LogP contribution in [0.2, 0.25) is 0 Å². The van der Waals surface area contributed by atoms with E-state index >= 15 is 0 Å². The van der Waals surface area contributed by atoms with Gasteiger partial charge in [-0.1, -0.05) is 60.7 Å². The summed E-state index contributed by atoms with van der Waals surface area (Å²) in [6, 6.07) is 21.9. The Morgan fingerprint density at radius 2 is 1.48 bits per heavy atom. The maximum Gasteiger partial charge on any atom is 0.490 e. The maximum atomic E-state index is 14.8. The number of piperidine rings is 1. The van der Waals surface area contributed by atoms with Gasteiger partial charge in [-0.05, 0) is 67.4 Å². The van der Waals surface area contributed by atoms with Crippen LogP contribution < -0.4 is 10.0 Å². The number of sulfonamides is 1. The molecule has 1 aliphatic rings. The van der Waals surface area contributed by atoms with Gasteiger partial charge in [0.25, 0.3) is 0 Å². The molecule has 0 spiro atoms. The number of hydrogen-bond donors (Lipinski definition) is 3. The standard InChI is InChI=1S/C26H30FN3O2S.C2HF3O2/c1-30-15-13-24(14-16-30)28-18-21-7-9-22(10-8-21)23-11-12-26(25(27)17-23)33(31,32)29-19-20-5-3-2-4-6-20;3-2(4,5)1(6)7/h2-12,17,24,28-29H,13-16,18-19H2,1H3;(H,6,7). The van der Waals surface area contributed by atoms with Crippen LogP contribution in [0, 0.1) is 5.82 Å². The van der Waals surface area contributed by atoms with E-state index in [1.807, 2.05) is 54.6 Å². The summed E-state index contributed by atoms with van der Waals surface area (Å²) in [6.45, 7) is 3.15. The zero-order valence-electron chi connectivity index (χ0n) is 21.8. The van der Waals surface area contributed by atoms with Gasteiger partial charge in [-0.15, -0.1) is 0 Å². The fraction of sp³-hybridized carbons (Fsp3) is 0.321. The lowest BCUT2D eigenvalue weighted by Gasteiger charge is -2.29. The quantitative estimate of drug-likeness (QED) is 0.331. The van der Waals surface area contributed by atoms with Gasteiger partial charge < -0.3 is 15.3 Å². The van der Waals surface area contributed by atoms with Gasteiger partial charge in [0.2, 0.25) is 10.0 Å². The Morgan fingerprint density at radius 3 is 2.02 bits per heavy atom. The van der Waals surface area contributed by atoms with E-state index in [4.69, 9.17) is 9.90 Å². The molecule has 0 radical (unpaired) electrons. The largest absolute Gasteiger partial charge is 0.490 e. The number of benzene rings is 3. The number of nitrogens with one attached hydrogen (secondary N) is 2. The molecule has 0 amide bonds. The molecule has 0 atom stereocenters. The molecular formula is C28H31F4N3O4S. The Morgan fingerprint density at radius 1 is 0.925 bits per heavy atom. The Hall–Kier alpha value is -3.32. The third-order valence-corrected chi connectivity index (χ3v) is 7.81. The van der Waals surface area contributed by atoms with E-state index in [2.05, 4.69) is 22.0 Å². The van der Waals surface area contributed by atoms with Crippen molar-refractivity contribution in [3.05, 3.63) is 89.7 Å². The number of rotatable bonds is 8. The zero-order valence-corrected chi connectivity index (χ0v) is 22.6. The molecule has 0 unspecified atom stereocenters. The number of likely N-dealkylation sites (tertiary alicyclic amines) is 1. The zero-order chi connectivity index (χ0) is 29.3. The molecule has 7 nitrogen and oxygen atoms in total. The molecule has 4 rings (SSSR count). The average Bonchev–Trinajstić information content (AvgIpc) is 2.92. The maximum absolute atomic E-state index is 14.8. The van der Waals surface area contributed by atoms with Gasteiger partial charge in [-0.2, -0.15) is 13.2 Å². The second kappa shape index (κ2) is 13.8. The summed E-state index contributed by atoms with van der Waals surface area (Å²) in [6.07, 6.45) is -2.77. The minimum absolute atomic E-state index is 0.109. The number of halogens is 4. The second-order valence-corrected chi connectivity index (χ2v) is 11.1. The van der Waals surface area contributed by atoms with Crippen LogP contribution in [0.15, 0.2) is 77.7 Å². The predicted octanol–water partition coefficient (Wildman–Crippen LogP) is 4.79. The van der Waals surface area contributed by atoms with E-state index in [0.29, 0.717) is 11.6 Å². The van der Waals surface area contributed by atoms with Crippen LogP contribution in [0.4, 0.5) is 17.6 Å². The highest BCUT2D eigenvalue weighted by molar-refractivity contribution is 7.89. The first-order chi connectivity index (χ1) is 18.8. The molecule has 12 heteroatoms. The number of carbonyl (C=O) groups is 1. The van der Waals surface area contributed by atoms with E-state index in [1.165, 1.54) is 17.7 Å². The summed E-state index contributed by atoms with van der Waals surface area (Å²) >= 11 is 0. The molecule has 3 aromatic carbocycles. The first-order valence-electron chi connectivity index (χ1n) is 12.5. The lowest BCUT2D eigenvalue weighted by molar-refractivity contribution is -0.192. The first kappa shape index (κ1) is 31.2. The SMILES string of the molecule is CN1CCC(NCc2ccc(-c3ccc(S(=O)(=O)NCc4ccccc4)c(F)c3)cc2)CC1.O=C(O)C(F)(F)F. The molecule has 0 aliphatic carbocycles. The monoisotopic (exact) mass is 581 g/mol. The molecule has 216 valence electrons. The minimum atomic E-state index is -5.08. The second-order valence-electron chi connectivity index (χ2n) is 9.41. The van der Waals surface area contributed by atoms with Gasteiger partial charge >= 0.3 is 12.1 Å². The van der Waals surface area contributed by atoms with E-state index in [9.17, 15) is 26.0 Å². The van der Waals surface area contributed by atoms with Gasteiger partial charge in [0.05, 0.1) is 0 Å². The van der Waals surface area contributed by atoms with Gasteiger partial charge in [-0.3, -0.25) is 0 Å². The Bertz CT molecular complexity index is 1360. The summed E-state index contributed by atoms with van der Waals surface area (Å²) in [5, 5.41) is 10.7. The molecular weight excluding hydrogens is 550 g/mol. The van der Waals surface area contributed by atoms with Crippen LogP contribution in [-0.4, -0.2) is 56.7 Å². The first-order valence-corrected chi connectivity index (χ1v) is 14.0. The lowest BCUT2D eigenvalue weighted by atomic mass is 10.0. The number of carboxylic acids is 1. The van der Waals surface area contributed by atoms with Crippen molar-refractivity contribution in [3.63, 3.8) is 0 Å². The normalized spacial score (nSPS) is 14.8. The third-order valence-electron chi connectivity index (χ3n) is 6.37. The fourth-order valence-corrected chi connectivity index (χ4v) is 5.12. The summed E-state index contributed by atoms with van der Waals surface area (Å²) in [5.41, 5.74) is 3.47. The van der Waals surface area contributed by atoms with Gasteiger partial charge in [-0.25, -0.2) is 22.3 Å². The molecule has 0 aromatic heterocycles. The van der Waals surface area contributed by atoms with Gasteiger partial charge in [0.15, 0.2) is 0 Å². The van der Waals surface area contributed by atoms with Gasteiger partial charge in [0, 0.05) is 19.1 Å².